The summed E-state index contributed by atoms with van der Waals surface area (Å²) in [5.74, 6) is 0. The Morgan fingerprint density at radius 2 is 1.70 bits per heavy atom. The van der Waals surface area contributed by atoms with Crippen LogP contribution in [0.3, 0.4) is 0 Å². The lowest BCUT2D eigenvalue weighted by atomic mass is 10.1. The van der Waals surface area contributed by atoms with Crippen LogP contribution in [-0.4, -0.2) is 40.0 Å². The van der Waals surface area contributed by atoms with Crippen molar-refractivity contribution >= 4 is 28.9 Å². The molecule has 6 heteroatoms. The van der Waals surface area contributed by atoms with Crippen LogP contribution < -0.4 is 5.73 Å². The third-order valence-corrected chi connectivity index (χ3v) is 5.21. The first-order valence-corrected chi connectivity index (χ1v) is 8.65. The Balaban J connectivity index is 0.00000192. The third kappa shape index (κ3) is 4.67. The Morgan fingerprint density at radius 3 is 2.26 bits per heavy atom. The highest BCUT2D eigenvalue weighted by Gasteiger charge is 2.29. The maximum absolute atomic E-state index is 5.73. The minimum absolute atomic E-state index is 0. The van der Waals surface area contributed by atoms with Gasteiger partial charge in [-0.2, -0.15) is 0 Å². The molecular formula is C17H25ClN4S. The molecule has 0 bridgehead atoms. The van der Waals surface area contributed by atoms with Crippen LogP contribution >= 0.6 is 23.7 Å². The molecule has 1 aliphatic rings. The topological polar surface area (TPSA) is 45.4 Å². The van der Waals surface area contributed by atoms with E-state index in [0.29, 0.717) is 17.2 Å². The van der Waals surface area contributed by atoms with Gasteiger partial charge in [-0.05, 0) is 19.4 Å². The summed E-state index contributed by atoms with van der Waals surface area (Å²) in [7, 11) is 0. The molecular weight excluding hydrogens is 328 g/mol. The lowest BCUT2D eigenvalue weighted by Crippen LogP contribution is -2.55. The van der Waals surface area contributed by atoms with Gasteiger partial charge < -0.3 is 5.73 Å². The van der Waals surface area contributed by atoms with Gasteiger partial charge in [0, 0.05) is 49.3 Å². The largest absolute Gasteiger partial charge is 0.375 e. The minimum atomic E-state index is 0. The lowest BCUT2D eigenvalue weighted by molar-refractivity contribution is 0.0334. The molecule has 0 spiro atoms. The predicted octanol–water partition coefficient (Wildman–Crippen LogP) is 3.24. The van der Waals surface area contributed by atoms with E-state index in [1.807, 2.05) is 6.20 Å². The van der Waals surface area contributed by atoms with Crippen LogP contribution in [0.5, 0.6) is 0 Å². The zero-order valence-electron chi connectivity index (χ0n) is 13.7. The normalized spacial score (nSPS) is 22.7. The molecule has 2 atom stereocenters. The predicted molar refractivity (Wildman–Crippen MR) is 100.0 cm³/mol. The van der Waals surface area contributed by atoms with Crippen molar-refractivity contribution in [2.45, 2.75) is 39.0 Å². The zero-order valence-corrected chi connectivity index (χ0v) is 15.3. The van der Waals surface area contributed by atoms with Crippen molar-refractivity contribution in [3.05, 3.63) is 47.0 Å². The number of nitrogens with two attached hydrogens (primary N) is 1. The summed E-state index contributed by atoms with van der Waals surface area (Å²) in [5, 5.41) is 0.665. The molecule has 2 heterocycles. The first-order valence-electron chi connectivity index (χ1n) is 7.84. The number of hydrogen-bond acceptors (Lipinski definition) is 5. The fourth-order valence-electron chi connectivity index (χ4n) is 3.12. The van der Waals surface area contributed by atoms with Gasteiger partial charge >= 0.3 is 0 Å². The molecule has 126 valence electrons. The van der Waals surface area contributed by atoms with Crippen molar-refractivity contribution in [1.29, 1.82) is 0 Å². The third-order valence-electron chi connectivity index (χ3n) is 4.40. The quantitative estimate of drug-likeness (QED) is 0.917. The Labute approximate surface area is 148 Å². The highest BCUT2D eigenvalue weighted by molar-refractivity contribution is 7.15. The summed E-state index contributed by atoms with van der Waals surface area (Å²) in [6.45, 7) is 8.82. The molecule has 1 aromatic heterocycles. The van der Waals surface area contributed by atoms with Gasteiger partial charge in [0.2, 0.25) is 0 Å². The number of aromatic nitrogens is 1. The zero-order chi connectivity index (χ0) is 15.5. The van der Waals surface area contributed by atoms with E-state index in [9.17, 15) is 0 Å². The monoisotopic (exact) mass is 352 g/mol. The number of hydrogen-bond donors (Lipinski definition) is 1. The molecule has 1 aliphatic heterocycles. The molecule has 2 unspecified atom stereocenters. The van der Waals surface area contributed by atoms with Crippen LogP contribution in [0.4, 0.5) is 5.13 Å². The summed E-state index contributed by atoms with van der Waals surface area (Å²) in [4.78, 5) is 10.5. The summed E-state index contributed by atoms with van der Waals surface area (Å²) in [6.07, 6.45) is 1.91. The minimum Gasteiger partial charge on any atom is -0.375 e. The van der Waals surface area contributed by atoms with Crippen molar-refractivity contribution in [1.82, 2.24) is 14.8 Å². The van der Waals surface area contributed by atoms with Gasteiger partial charge in [-0.15, -0.1) is 23.7 Å². The van der Waals surface area contributed by atoms with E-state index in [2.05, 4.69) is 59.0 Å². The first kappa shape index (κ1) is 18.2. The molecule has 0 amide bonds. The van der Waals surface area contributed by atoms with Crippen molar-refractivity contribution in [3.8, 4) is 0 Å². The van der Waals surface area contributed by atoms with Gasteiger partial charge in [-0.3, -0.25) is 9.80 Å². The van der Waals surface area contributed by atoms with Crippen LogP contribution in [-0.2, 0) is 13.1 Å². The van der Waals surface area contributed by atoms with Crippen molar-refractivity contribution in [3.63, 3.8) is 0 Å². The Bertz CT molecular complexity index is 604. The highest BCUT2D eigenvalue weighted by atomic mass is 35.5. The van der Waals surface area contributed by atoms with Crippen molar-refractivity contribution in [2.24, 2.45) is 0 Å². The first-order chi connectivity index (χ1) is 10.6. The molecule has 2 aromatic rings. The van der Waals surface area contributed by atoms with E-state index >= 15 is 0 Å². The second-order valence-corrected chi connectivity index (χ2v) is 7.35. The molecule has 1 saturated heterocycles. The van der Waals surface area contributed by atoms with Crippen LogP contribution in [0.15, 0.2) is 36.5 Å². The summed E-state index contributed by atoms with van der Waals surface area (Å²) in [6, 6.07) is 11.8. The fourth-order valence-corrected chi connectivity index (χ4v) is 3.83. The molecule has 2 N–H and O–H groups in total. The van der Waals surface area contributed by atoms with Gasteiger partial charge in [0.25, 0.3) is 0 Å². The van der Waals surface area contributed by atoms with E-state index < -0.39 is 0 Å². The summed E-state index contributed by atoms with van der Waals surface area (Å²) in [5.41, 5.74) is 7.13. The number of piperazine rings is 1. The number of benzene rings is 1. The number of halogens is 1. The molecule has 0 saturated carbocycles. The average Bonchev–Trinajstić information content (AvgIpc) is 2.91. The number of nitrogen functional groups attached to an aromatic ring is 1. The van der Waals surface area contributed by atoms with E-state index in [-0.39, 0.29) is 12.4 Å². The molecule has 0 radical (unpaired) electrons. The SMILES string of the molecule is CC1CN(Cc2cnc(N)s2)C(C)CN1Cc1ccccc1.Cl. The summed E-state index contributed by atoms with van der Waals surface area (Å²) >= 11 is 1.60. The Kier molecular flexibility index (Phi) is 6.41. The van der Waals surface area contributed by atoms with Crippen LogP contribution in [0.1, 0.15) is 24.3 Å². The van der Waals surface area contributed by atoms with Gasteiger partial charge in [0.05, 0.1) is 0 Å². The number of anilines is 1. The number of nitrogens with zero attached hydrogens (tertiary/aromatic N) is 3. The van der Waals surface area contributed by atoms with Crippen molar-refractivity contribution < 1.29 is 0 Å². The van der Waals surface area contributed by atoms with Crippen LogP contribution in [0.25, 0.3) is 0 Å². The average molecular weight is 353 g/mol. The molecule has 3 rings (SSSR count). The number of rotatable bonds is 4. The molecule has 4 nitrogen and oxygen atoms in total. The van der Waals surface area contributed by atoms with E-state index in [1.54, 1.807) is 11.3 Å². The fraction of sp³-hybridized carbons (Fsp3) is 0.471. The van der Waals surface area contributed by atoms with Gasteiger partial charge in [0.15, 0.2) is 5.13 Å². The maximum Gasteiger partial charge on any atom is 0.180 e. The van der Waals surface area contributed by atoms with E-state index in [1.165, 1.54) is 10.4 Å². The van der Waals surface area contributed by atoms with Crippen molar-refractivity contribution in [2.75, 3.05) is 18.8 Å². The Hall–Kier alpha value is -1.14. The van der Waals surface area contributed by atoms with E-state index in [0.717, 1.165) is 26.2 Å². The highest BCUT2D eigenvalue weighted by Crippen LogP contribution is 2.23. The smallest absolute Gasteiger partial charge is 0.180 e. The van der Waals surface area contributed by atoms with Gasteiger partial charge in [-0.1, -0.05) is 30.3 Å². The lowest BCUT2D eigenvalue weighted by Gasteiger charge is -2.44. The second kappa shape index (κ2) is 8.11. The molecule has 0 aliphatic carbocycles. The molecule has 1 fully saturated rings. The van der Waals surface area contributed by atoms with Gasteiger partial charge in [0.1, 0.15) is 0 Å². The van der Waals surface area contributed by atoms with Crippen LogP contribution in [0, 0.1) is 0 Å². The maximum atomic E-state index is 5.73. The van der Waals surface area contributed by atoms with Crippen LogP contribution in [0.2, 0.25) is 0 Å². The number of thiazole rings is 1. The Morgan fingerprint density at radius 1 is 1.09 bits per heavy atom. The summed E-state index contributed by atoms with van der Waals surface area (Å²) < 4.78 is 0. The van der Waals surface area contributed by atoms with Gasteiger partial charge in [-0.25, -0.2) is 4.98 Å². The second-order valence-electron chi connectivity index (χ2n) is 6.21. The molecule has 1 aromatic carbocycles. The molecule has 23 heavy (non-hydrogen) atoms. The standard InChI is InChI=1S/C17H24N4S.ClH/c1-13-10-21(12-16-8-19-17(18)22-16)14(2)9-20(13)11-15-6-4-3-5-7-15;/h3-8,13-14H,9-12H2,1-2H3,(H2,18,19);1H. The van der Waals surface area contributed by atoms with E-state index in [4.69, 9.17) is 5.73 Å².